The molecule has 0 unspecified atom stereocenters. The van der Waals surface area contributed by atoms with Crippen LogP contribution in [0.1, 0.15) is 24.2 Å². The number of rotatable bonds is 4. The van der Waals surface area contributed by atoms with Gasteiger partial charge in [-0.25, -0.2) is 9.97 Å². The molecule has 2 aromatic rings. The first-order valence-electron chi connectivity index (χ1n) is 8.38. The topological polar surface area (TPSA) is 74.2 Å². The lowest BCUT2D eigenvalue weighted by atomic mass is 9.92. The van der Waals surface area contributed by atoms with E-state index in [0.29, 0.717) is 12.5 Å². The molecule has 0 saturated carbocycles. The van der Waals surface area contributed by atoms with Crippen LogP contribution in [0.4, 0.5) is 5.95 Å². The molecule has 1 fully saturated rings. The van der Waals surface area contributed by atoms with Crippen molar-refractivity contribution in [3.05, 3.63) is 35.8 Å². The fourth-order valence-corrected chi connectivity index (χ4v) is 3.01. The van der Waals surface area contributed by atoms with Crippen molar-refractivity contribution >= 4 is 5.95 Å². The average Bonchev–Trinajstić information content (AvgIpc) is 2.56. The van der Waals surface area contributed by atoms with Gasteiger partial charge in [0.05, 0.1) is 11.3 Å². The van der Waals surface area contributed by atoms with Crippen LogP contribution >= 0.6 is 0 Å². The number of aliphatic hydroxyl groups is 1. The number of pyridine rings is 1. The van der Waals surface area contributed by atoms with Crippen molar-refractivity contribution in [3.8, 4) is 11.3 Å². The van der Waals surface area contributed by atoms with Crippen molar-refractivity contribution < 1.29 is 5.11 Å². The maximum atomic E-state index is 10.7. The number of aromatic nitrogens is 3. The van der Waals surface area contributed by atoms with E-state index >= 15 is 0 Å². The van der Waals surface area contributed by atoms with Gasteiger partial charge in [0.2, 0.25) is 5.95 Å². The summed E-state index contributed by atoms with van der Waals surface area (Å²) in [7, 11) is 2.08. The van der Waals surface area contributed by atoms with Gasteiger partial charge in [0.25, 0.3) is 0 Å². The monoisotopic (exact) mass is 327 g/mol. The molecule has 0 bridgehead atoms. The minimum atomic E-state index is -0.687. The second-order valence-electron chi connectivity index (χ2n) is 6.73. The summed E-state index contributed by atoms with van der Waals surface area (Å²) in [4.78, 5) is 15.6. The molecule has 6 nitrogen and oxygen atoms in total. The van der Waals surface area contributed by atoms with E-state index in [4.69, 9.17) is 0 Å². The van der Waals surface area contributed by atoms with Gasteiger partial charge in [-0.1, -0.05) is 0 Å². The van der Waals surface area contributed by atoms with Crippen LogP contribution in [0.15, 0.2) is 24.4 Å². The predicted molar refractivity (Wildman–Crippen MR) is 94.9 cm³/mol. The highest BCUT2D eigenvalue weighted by atomic mass is 16.3. The number of hydrogen-bond donors (Lipinski definition) is 2. The van der Waals surface area contributed by atoms with E-state index in [9.17, 15) is 5.11 Å². The van der Waals surface area contributed by atoms with Crippen molar-refractivity contribution in [2.75, 3.05) is 32.0 Å². The van der Waals surface area contributed by atoms with Gasteiger partial charge in [-0.3, -0.25) is 4.98 Å². The number of nitrogens with one attached hydrogen (secondary N) is 1. The van der Waals surface area contributed by atoms with Crippen molar-refractivity contribution in [2.24, 2.45) is 0 Å². The molecule has 1 aliphatic heterocycles. The zero-order valence-corrected chi connectivity index (χ0v) is 14.6. The third kappa shape index (κ3) is 3.88. The molecular weight excluding hydrogens is 302 g/mol. The number of aryl methyl sites for hydroxylation is 2. The fraction of sp³-hybridized carbons (Fsp3) is 0.500. The number of piperidine rings is 1. The third-order valence-corrected chi connectivity index (χ3v) is 4.65. The quantitative estimate of drug-likeness (QED) is 0.895. The van der Waals surface area contributed by atoms with Gasteiger partial charge in [-0.15, -0.1) is 0 Å². The molecular formula is C18H25N5O. The van der Waals surface area contributed by atoms with Gasteiger partial charge in [-0.05, 0) is 51.9 Å². The van der Waals surface area contributed by atoms with Gasteiger partial charge >= 0.3 is 0 Å². The van der Waals surface area contributed by atoms with E-state index in [-0.39, 0.29) is 0 Å². The Labute approximate surface area is 143 Å². The van der Waals surface area contributed by atoms with E-state index in [0.717, 1.165) is 48.6 Å². The summed E-state index contributed by atoms with van der Waals surface area (Å²) >= 11 is 0. The van der Waals surface area contributed by atoms with Gasteiger partial charge < -0.3 is 15.3 Å². The maximum absolute atomic E-state index is 10.7. The first kappa shape index (κ1) is 16.8. The number of anilines is 1. The van der Waals surface area contributed by atoms with Gasteiger partial charge in [-0.2, -0.15) is 0 Å². The molecule has 6 heteroatoms. The van der Waals surface area contributed by atoms with Crippen molar-refractivity contribution in [1.82, 2.24) is 19.9 Å². The molecule has 128 valence electrons. The van der Waals surface area contributed by atoms with Crippen molar-refractivity contribution in [2.45, 2.75) is 32.3 Å². The minimum absolute atomic E-state index is 0.468. The molecule has 3 rings (SSSR count). The number of nitrogens with zero attached hydrogens (tertiary/aromatic N) is 4. The van der Waals surface area contributed by atoms with E-state index in [2.05, 4.69) is 32.2 Å². The average molecular weight is 327 g/mol. The second-order valence-corrected chi connectivity index (χ2v) is 6.73. The second kappa shape index (κ2) is 6.83. The summed E-state index contributed by atoms with van der Waals surface area (Å²) in [6, 6.07) is 5.90. The van der Waals surface area contributed by atoms with Crippen LogP contribution in [0.25, 0.3) is 11.3 Å². The van der Waals surface area contributed by atoms with Crippen LogP contribution in [0.3, 0.4) is 0 Å². The Morgan fingerprint density at radius 3 is 2.62 bits per heavy atom. The van der Waals surface area contributed by atoms with Crippen LogP contribution in [0.2, 0.25) is 0 Å². The predicted octanol–water partition coefficient (Wildman–Crippen LogP) is 2.02. The molecule has 1 aliphatic rings. The Bertz CT molecular complexity index is 710. The Kier molecular flexibility index (Phi) is 4.78. The Morgan fingerprint density at radius 1 is 1.17 bits per heavy atom. The SMILES string of the molecule is Cc1ccc(-c2ccnc(NCC3(O)CCN(C)CC3)n2)c(C)n1. The summed E-state index contributed by atoms with van der Waals surface area (Å²) in [5.41, 5.74) is 3.10. The van der Waals surface area contributed by atoms with Crippen LogP contribution in [0, 0.1) is 13.8 Å². The normalized spacial score (nSPS) is 17.7. The molecule has 3 heterocycles. The van der Waals surface area contributed by atoms with Crippen LogP contribution < -0.4 is 5.32 Å². The molecule has 0 spiro atoms. The van der Waals surface area contributed by atoms with E-state index in [1.165, 1.54) is 0 Å². The standard InChI is InChI=1S/C18H25N5O/c1-13-4-5-15(14(2)21-13)16-6-9-19-17(22-16)20-12-18(24)7-10-23(3)11-8-18/h4-6,9,24H,7-8,10-12H2,1-3H3,(H,19,20,22). The third-order valence-electron chi connectivity index (χ3n) is 4.65. The first-order valence-corrected chi connectivity index (χ1v) is 8.38. The van der Waals surface area contributed by atoms with E-state index in [1.54, 1.807) is 6.20 Å². The van der Waals surface area contributed by atoms with E-state index in [1.807, 2.05) is 32.0 Å². The first-order chi connectivity index (χ1) is 11.5. The van der Waals surface area contributed by atoms with Crippen molar-refractivity contribution in [3.63, 3.8) is 0 Å². The summed E-state index contributed by atoms with van der Waals surface area (Å²) in [5, 5.41) is 13.9. The molecule has 0 atom stereocenters. The highest BCUT2D eigenvalue weighted by Gasteiger charge is 2.31. The fourth-order valence-electron chi connectivity index (χ4n) is 3.01. The van der Waals surface area contributed by atoms with Gasteiger partial charge in [0.15, 0.2) is 0 Å². The lowest BCUT2D eigenvalue weighted by Crippen LogP contribution is -2.47. The minimum Gasteiger partial charge on any atom is -0.388 e. The van der Waals surface area contributed by atoms with Gasteiger partial charge in [0, 0.05) is 42.8 Å². The van der Waals surface area contributed by atoms with Crippen LogP contribution in [-0.4, -0.2) is 57.2 Å². The van der Waals surface area contributed by atoms with Crippen LogP contribution in [0.5, 0.6) is 0 Å². The molecule has 2 N–H and O–H groups in total. The molecule has 0 radical (unpaired) electrons. The Hall–Kier alpha value is -2.05. The largest absolute Gasteiger partial charge is 0.388 e. The molecule has 24 heavy (non-hydrogen) atoms. The lowest BCUT2D eigenvalue weighted by Gasteiger charge is -2.36. The summed E-state index contributed by atoms with van der Waals surface area (Å²) < 4.78 is 0. The Balaban J connectivity index is 1.71. The highest BCUT2D eigenvalue weighted by molar-refractivity contribution is 5.62. The zero-order chi connectivity index (χ0) is 17.2. The van der Waals surface area contributed by atoms with E-state index < -0.39 is 5.60 Å². The number of hydrogen-bond acceptors (Lipinski definition) is 6. The van der Waals surface area contributed by atoms with Gasteiger partial charge in [0.1, 0.15) is 0 Å². The maximum Gasteiger partial charge on any atom is 0.223 e. The molecule has 0 aromatic carbocycles. The van der Waals surface area contributed by atoms with Crippen LogP contribution in [-0.2, 0) is 0 Å². The number of likely N-dealkylation sites (tertiary alicyclic amines) is 1. The Morgan fingerprint density at radius 2 is 1.92 bits per heavy atom. The molecule has 0 aliphatic carbocycles. The lowest BCUT2D eigenvalue weighted by molar-refractivity contribution is -0.00415. The summed E-state index contributed by atoms with van der Waals surface area (Å²) in [6.07, 6.45) is 3.26. The molecule has 2 aromatic heterocycles. The zero-order valence-electron chi connectivity index (χ0n) is 14.6. The summed E-state index contributed by atoms with van der Waals surface area (Å²) in [5.74, 6) is 0.542. The smallest absolute Gasteiger partial charge is 0.223 e. The molecule has 1 saturated heterocycles. The van der Waals surface area contributed by atoms with Crippen molar-refractivity contribution in [1.29, 1.82) is 0 Å². The summed E-state index contributed by atoms with van der Waals surface area (Å²) in [6.45, 7) is 6.25. The highest BCUT2D eigenvalue weighted by Crippen LogP contribution is 2.23. The molecule has 0 amide bonds.